The van der Waals surface area contributed by atoms with Crippen molar-refractivity contribution < 1.29 is 42.1 Å². The maximum atomic E-state index is 12.9. The zero-order valence-electron chi connectivity index (χ0n) is 58.3. The topological polar surface area (TPSA) is 108 Å². The quantitative estimate of drug-likeness (QED) is 0.0211. The molecule has 0 spiro atoms. The van der Waals surface area contributed by atoms with E-state index in [9.17, 15) is 19.0 Å². The van der Waals surface area contributed by atoms with Gasteiger partial charge in [0.05, 0.1) is 27.7 Å². The molecule has 0 bridgehead atoms. The van der Waals surface area contributed by atoms with E-state index in [2.05, 4.69) is 74.6 Å². The monoisotopic (exact) mass is 1240 g/mol. The summed E-state index contributed by atoms with van der Waals surface area (Å²) in [4.78, 5) is 35.9. The molecule has 0 aromatic rings. The molecule has 0 aliphatic carbocycles. The van der Waals surface area contributed by atoms with Crippen LogP contribution in [-0.2, 0) is 32.7 Å². The number of hydrogen-bond acceptors (Lipinski definition) is 7. The van der Waals surface area contributed by atoms with Crippen LogP contribution in [0.3, 0.4) is 0 Å². The summed E-state index contributed by atoms with van der Waals surface area (Å²) in [5.74, 6) is -0.781. The first-order valence-electron chi connectivity index (χ1n) is 37.5. The zero-order chi connectivity index (χ0) is 63.4. The molecule has 0 rings (SSSR count). The van der Waals surface area contributed by atoms with Crippen LogP contribution in [0.1, 0.15) is 367 Å². The third kappa shape index (κ3) is 72.6. The van der Waals surface area contributed by atoms with Gasteiger partial charge in [-0.05, 0) is 57.8 Å². The number of esters is 2. The summed E-state index contributed by atoms with van der Waals surface area (Å²) in [5, 5.41) is 0. The lowest BCUT2D eigenvalue weighted by Crippen LogP contribution is -2.37. The molecule has 0 aliphatic rings. The molecule has 1 N–H and O–H groups in total. The van der Waals surface area contributed by atoms with Crippen LogP contribution in [0.4, 0.5) is 0 Å². The minimum absolute atomic E-state index is 0.0321. The Labute approximate surface area is 540 Å². The van der Waals surface area contributed by atoms with Crippen LogP contribution < -0.4 is 0 Å². The molecule has 0 heterocycles. The predicted molar refractivity (Wildman–Crippen MR) is 376 cm³/mol. The van der Waals surface area contributed by atoms with Crippen molar-refractivity contribution in [1.82, 2.24) is 0 Å². The Morgan fingerprint density at radius 3 is 0.977 bits per heavy atom. The minimum atomic E-state index is -4.39. The van der Waals surface area contributed by atoms with Crippen LogP contribution in [0.5, 0.6) is 0 Å². The molecular weight excluding hydrogens is 1100 g/mol. The van der Waals surface area contributed by atoms with Crippen molar-refractivity contribution >= 4 is 19.8 Å². The second-order valence-electron chi connectivity index (χ2n) is 26.7. The molecule has 9 nitrogen and oxygen atoms in total. The first-order valence-corrected chi connectivity index (χ1v) is 39.0. The normalized spacial score (nSPS) is 13.4. The van der Waals surface area contributed by atoms with Crippen LogP contribution in [0.15, 0.2) is 60.8 Å². The molecule has 0 radical (unpaired) electrons. The van der Waals surface area contributed by atoms with Gasteiger partial charge >= 0.3 is 19.8 Å². The Morgan fingerprint density at radius 2 is 0.655 bits per heavy atom. The molecule has 510 valence electrons. The molecule has 2 atom stereocenters. The summed E-state index contributed by atoms with van der Waals surface area (Å²) < 4.78 is 34.8. The van der Waals surface area contributed by atoms with Crippen LogP contribution in [0.2, 0.25) is 0 Å². The summed E-state index contributed by atoms with van der Waals surface area (Å²) >= 11 is 0. The number of rotatable bonds is 70. The number of unbranched alkanes of at least 4 members (excludes halogenated alkanes) is 46. The number of allylic oxidation sites excluding steroid dienone is 10. The second-order valence-corrected chi connectivity index (χ2v) is 28.1. The molecule has 0 aromatic carbocycles. The summed E-state index contributed by atoms with van der Waals surface area (Å²) in [5.41, 5.74) is 0. The molecule has 87 heavy (non-hydrogen) atoms. The number of hydrogen-bond donors (Lipinski definition) is 1. The Balaban J connectivity index is 3.96. The third-order valence-corrected chi connectivity index (χ3v) is 17.8. The summed E-state index contributed by atoms with van der Waals surface area (Å²) in [6.07, 6.45) is 90.7. The average Bonchev–Trinajstić information content (AvgIpc) is 3.56. The van der Waals surface area contributed by atoms with Crippen molar-refractivity contribution in [2.45, 2.75) is 373 Å². The zero-order valence-corrected chi connectivity index (χ0v) is 59.2. The lowest BCUT2D eigenvalue weighted by molar-refractivity contribution is -0.870. The molecule has 0 aliphatic heterocycles. The molecular formula is C77H145NO8P+. The molecule has 0 saturated heterocycles. The number of phosphoric ester groups is 1. The van der Waals surface area contributed by atoms with Crippen molar-refractivity contribution in [3.63, 3.8) is 0 Å². The Kier molecular flexibility index (Phi) is 66.3. The van der Waals surface area contributed by atoms with Gasteiger partial charge in [-0.1, -0.05) is 357 Å². The predicted octanol–water partition coefficient (Wildman–Crippen LogP) is 24.6. The van der Waals surface area contributed by atoms with Gasteiger partial charge in [0.1, 0.15) is 19.8 Å². The van der Waals surface area contributed by atoms with Gasteiger partial charge in [-0.2, -0.15) is 0 Å². The van der Waals surface area contributed by atoms with Gasteiger partial charge in [-0.3, -0.25) is 18.6 Å². The van der Waals surface area contributed by atoms with E-state index >= 15 is 0 Å². The number of quaternary nitrogens is 1. The van der Waals surface area contributed by atoms with E-state index < -0.39 is 26.5 Å². The molecule has 2 unspecified atom stereocenters. The van der Waals surface area contributed by atoms with Crippen molar-refractivity contribution in [1.29, 1.82) is 0 Å². The van der Waals surface area contributed by atoms with Gasteiger partial charge in [0.25, 0.3) is 0 Å². The van der Waals surface area contributed by atoms with Crippen LogP contribution >= 0.6 is 7.82 Å². The van der Waals surface area contributed by atoms with Gasteiger partial charge in [0.15, 0.2) is 6.10 Å². The molecule has 0 saturated carbocycles. The van der Waals surface area contributed by atoms with E-state index in [1.807, 2.05) is 21.1 Å². The molecule has 0 fully saturated rings. The van der Waals surface area contributed by atoms with Crippen molar-refractivity contribution in [2.24, 2.45) is 0 Å². The average molecular weight is 1240 g/mol. The third-order valence-electron chi connectivity index (χ3n) is 16.8. The van der Waals surface area contributed by atoms with Crippen molar-refractivity contribution in [3.8, 4) is 0 Å². The summed E-state index contributed by atoms with van der Waals surface area (Å²) in [6, 6.07) is 0. The van der Waals surface area contributed by atoms with E-state index in [0.717, 1.165) is 70.6 Å². The van der Waals surface area contributed by atoms with E-state index in [0.29, 0.717) is 23.9 Å². The van der Waals surface area contributed by atoms with Gasteiger partial charge in [0, 0.05) is 12.8 Å². The number of carbonyl (C=O) groups is 2. The maximum Gasteiger partial charge on any atom is 0.472 e. The standard InChI is InChI=1S/C77H144NO8P/c1-6-8-10-12-14-16-18-20-22-24-26-28-30-32-34-36-37-38-39-40-42-43-45-47-49-51-53-55-57-59-61-63-65-67-69-76(79)83-73-75(74-85-87(81,82)84-72-71-78(3,4)5)86-77(80)70-68-66-64-62-60-58-56-54-52-50-48-46-44-41-35-33-31-29-27-25-23-21-19-17-15-13-11-9-7-2/h9,11,15,17,21,23,27,29,33,35,75H,6-8,10,12-14,16,18-20,22,24-26,28,30-32,34,36-74H2,1-5H3/p+1/b11-9-,17-15-,23-21-,29-27-,35-33-. The van der Waals surface area contributed by atoms with Gasteiger partial charge in [0.2, 0.25) is 0 Å². The smallest absolute Gasteiger partial charge is 0.462 e. The number of nitrogens with zero attached hydrogens (tertiary/aromatic N) is 1. The van der Waals surface area contributed by atoms with Crippen molar-refractivity contribution in [3.05, 3.63) is 60.8 Å². The second kappa shape index (κ2) is 68.1. The van der Waals surface area contributed by atoms with E-state index in [1.54, 1.807) is 0 Å². The van der Waals surface area contributed by atoms with E-state index in [1.165, 1.54) is 263 Å². The number of likely N-dealkylation sites (N-methyl/N-ethyl adjacent to an activating group) is 1. The highest BCUT2D eigenvalue weighted by Gasteiger charge is 2.27. The highest BCUT2D eigenvalue weighted by Crippen LogP contribution is 2.43. The Bertz CT molecular complexity index is 1650. The summed E-state index contributed by atoms with van der Waals surface area (Å²) in [6.45, 7) is 4.38. The lowest BCUT2D eigenvalue weighted by atomic mass is 10.0. The van der Waals surface area contributed by atoms with E-state index in [-0.39, 0.29) is 25.6 Å². The fourth-order valence-corrected chi connectivity index (χ4v) is 11.8. The minimum Gasteiger partial charge on any atom is -0.462 e. The Hall–Kier alpha value is -2.29. The molecule has 0 aromatic heterocycles. The van der Waals surface area contributed by atoms with Gasteiger partial charge in [-0.15, -0.1) is 0 Å². The van der Waals surface area contributed by atoms with E-state index in [4.69, 9.17) is 18.5 Å². The maximum absolute atomic E-state index is 12.9. The van der Waals surface area contributed by atoms with Crippen molar-refractivity contribution in [2.75, 3.05) is 47.5 Å². The highest BCUT2D eigenvalue weighted by atomic mass is 31.2. The molecule has 0 amide bonds. The van der Waals surface area contributed by atoms with Crippen LogP contribution in [0, 0.1) is 0 Å². The highest BCUT2D eigenvalue weighted by molar-refractivity contribution is 7.47. The number of carbonyl (C=O) groups excluding carboxylic acids is 2. The van der Waals surface area contributed by atoms with Crippen LogP contribution in [-0.4, -0.2) is 74.9 Å². The molecule has 10 heteroatoms. The van der Waals surface area contributed by atoms with Gasteiger partial charge in [-0.25, -0.2) is 4.57 Å². The van der Waals surface area contributed by atoms with Gasteiger partial charge < -0.3 is 18.9 Å². The lowest BCUT2D eigenvalue weighted by Gasteiger charge is -2.24. The first kappa shape index (κ1) is 84.7. The Morgan fingerprint density at radius 1 is 0.368 bits per heavy atom. The first-order chi connectivity index (χ1) is 42.5. The van der Waals surface area contributed by atoms with Crippen LogP contribution in [0.25, 0.3) is 0 Å². The fraction of sp³-hybridized carbons (Fsp3) is 0.844. The largest absolute Gasteiger partial charge is 0.472 e. The SMILES string of the molecule is CC/C=C\C/C=C\C/C=C\C/C=C\C/C=C\CCCCCCCCCCCCCCCC(=O)OC(COC(=O)CCCCCCCCCCCCCCCCCCCCCCCCCCCCCCCCCCCC)COP(=O)(O)OCC[N+](C)(C)C. The number of phosphoric acid groups is 1. The fourth-order valence-electron chi connectivity index (χ4n) is 11.1. The summed E-state index contributed by atoms with van der Waals surface area (Å²) in [7, 11) is 1.49. The number of ether oxygens (including phenoxy) is 2.